The minimum absolute atomic E-state index is 0.0594. The maximum atomic E-state index is 11.3. The molecule has 0 atom stereocenters. The van der Waals surface area contributed by atoms with Crippen molar-refractivity contribution in [2.45, 2.75) is 11.8 Å². The van der Waals surface area contributed by atoms with Crippen LogP contribution < -0.4 is 4.74 Å². The van der Waals surface area contributed by atoms with Gasteiger partial charge in [-0.05, 0) is 18.2 Å². The fraction of sp³-hybridized carbons (Fsp3) is 0.200. The Balaban J connectivity index is 2.63. The summed E-state index contributed by atoms with van der Waals surface area (Å²) in [4.78, 5) is -0.0594. The van der Waals surface area contributed by atoms with E-state index < -0.39 is 9.05 Å². The molecular formula is C10H9ClN2O4S. The van der Waals surface area contributed by atoms with Crippen molar-refractivity contribution in [1.29, 1.82) is 0 Å². The van der Waals surface area contributed by atoms with E-state index in [2.05, 4.69) is 10.2 Å². The van der Waals surface area contributed by atoms with E-state index in [1.165, 1.54) is 25.3 Å². The van der Waals surface area contributed by atoms with Gasteiger partial charge >= 0.3 is 0 Å². The van der Waals surface area contributed by atoms with Crippen LogP contribution in [0.1, 0.15) is 5.89 Å². The number of halogens is 1. The molecule has 1 heterocycles. The summed E-state index contributed by atoms with van der Waals surface area (Å²) in [6.45, 7) is 1.63. The molecule has 8 heteroatoms. The summed E-state index contributed by atoms with van der Waals surface area (Å²) in [5.41, 5.74) is 0.375. The van der Waals surface area contributed by atoms with Gasteiger partial charge in [0, 0.05) is 17.6 Å². The second-order valence-corrected chi connectivity index (χ2v) is 5.99. The van der Waals surface area contributed by atoms with Gasteiger partial charge in [0.1, 0.15) is 5.75 Å². The first-order valence-electron chi connectivity index (χ1n) is 4.85. The number of hydrogen-bond donors (Lipinski definition) is 0. The van der Waals surface area contributed by atoms with E-state index in [1.807, 2.05) is 0 Å². The molecule has 2 aromatic rings. The standard InChI is InChI=1S/C10H9ClN2O4S/c1-6-12-13-10(17-6)8-5-7(18(11,14)15)3-4-9(8)16-2/h3-5H,1-2H3. The van der Waals surface area contributed by atoms with E-state index in [0.29, 0.717) is 17.2 Å². The van der Waals surface area contributed by atoms with E-state index in [1.54, 1.807) is 6.92 Å². The number of methoxy groups -OCH3 is 1. The number of nitrogens with zero attached hydrogens (tertiary/aromatic N) is 2. The van der Waals surface area contributed by atoms with Crippen LogP contribution in [-0.4, -0.2) is 25.7 Å². The number of aryl methyl sites for hydroxylation is 1. The van der Waals surface area contributed by atoms with Crippen molar-refractivity contribution in [3.05, 3.63) is 24.1 Å². The molecule has 0 unspecified atom stereocenters. The maximum Gasteiger partial charge on any atom is 0.261 e. The summed E-state index contributed by atoms with van der Waals surface area (Å²) in [5, 5.41) is 7.49. The minimum atomic E-state index is -3.82. The average Bonchev–Trinajstić information content (AvgIpc) is 2.73. The lowest BCUT2D eigenvalue weighted by atomic mass is 10.2. The Morgan fingerprint density at radius 2 is 2.06 bits per heavy atom. The van der Waals surface area contributed by atoms with Crippen molar-refractivity contribution in [2.24, 2.45) is 0 Å². The molecule has 0 aliphatic carbocycles. The molecular weight excluding hydrogens is 280 g/mol. The molecule has 0 bridgehead atoms. The van der Waals surface area contributed by atoms with Gasteiger partial charge in [-0.25, -0.2) is 8.42 Å². The smallest absolute Gasteiger partial charge is 0.261 e. The molecule has 0 aliphatic rings. The van der Waals surface area contributed by atoms with Crippen molar-refractivity contribution in [3.63, 3.8) is 0 Å². The first kappa shape index (κ1) is 12.8. The molecule has 0 radical (unpaired) electrons. The molecule has 0 saturated heterocycles. The van der Waals surface area contributed by atoms with Crippen molar-refractivity contribution in [1.82, 2.24) is 10.2 Å². The molecule has 2 rings (SSSR count). The van der Waals surface area contributed by atoms with Crippen molar-refractivity contribution in [2.75, 3.05) is 7.11 Å². The minimum Gasteiger partial charge on any atom is -0.496 e. The molecule has 1 aromatic heterocycles. The molecule has 0 saturated carbocycles. The molecule has 6 nitrogen and oxygen atoms in total. The van der Waals surface area contributed by atoms with E-state index >= 15 is 0 Å². The lowest BCUT2D eigenvalue weighted by molar-refractivity contribution is 0.413. The number of hydrogen-bond acceptors (Lipinski definition) is 6. The number of aromatic nitrogens is 2. The fourth-order valence-corrected chi connectivity index (χ4v) is 2.19. The third-order valence-corrected chi connectivity index (χ3v) is 3.56. The van der Waals surface area contributed by atoms with Crippen LogP contribution in [0.15, 0.2) is 27.5 Å². The fourth-order valence-electron chi connectivity index (χ4n) is 1.41. The molecule has 0 spiro atoms. The zero-order chi connectivity index (χ0) is 13.3. The van der Waals surface area contributed by atoms with Crippen molar-refractivity contribution < 1.29 is 17.6 Å². The topological polar surface area (TPSA) is 82.3 Å². The van der Waals surface area contributed by atoms with Gasteiger partial charge in [-0.1, -0.05) is 0 Å². The first-order valence-corrected chi connectivity index (χ1v) is 7.16. The summed E-state index contributed by atoms with van der Waals surface area (Å²) in [5.74, 6) is 0.959. The van der Waals surface area contributed by atoms with Crippen LogP contribution in [0, 0.1) is 6.92 Å². The predicted octanol–water partition coefficient (Wildman–Crippen LogP) is 1.98. The van der Waals surface area contributed by atoms with Gasteiger partial charge in [-0.3, -0.25) is 0 Å². The number of benzene rings is 1. The molecule has 0 aliphatic heterocycles. The SMILES string of the molecule is COc1ccc(S(=O)(=O)Cl)cc1-c1nnc(C)o1. The third kappa shape index (κ3) is 2.46. The number of ether oxygens (including phenoxy) is 1. The van der Waals surface area contributed by atoms with Gasteiger partial charge in [-0.2, -0.15) is 0 Å². The van der Waals surface area contributed by atoms with Crippen molar-refractivity contribution >= 4 is 19.7 Å². The summed E-state index contributed by atoms with van der Waals surface area (Å²) >= 11 is 0. The maximum absolute atomic E-state index is 11.3. The van der Waals surface area contributed by atoms with Crippen LogP contribution in [0.5, 0.6) is 5.75 Å². The van der Waals surface area contributed by atoms with Crippen LogP contribution in [-0.2, 0) is 9.05 Å². The predicted molar refractivity (Wildman–Crippen MR) is 64.1 cm³/mol. The average molecular weight is 289 g/mol. The summed E-state index contributed by atoms with van der Waals surface area (Å²) in [6, 6.07) is 4.14. The lowest BCUT2D eigenvalue weighted by Gasteiger charge is -2.06. The second kappa shape index (κ2) is 4.58. The number of rotatable bonds is 3. The normalized spacial score (nSPS) is 11.5. The third-order valence-electron chi connectivity index (χ3n) is 2.21. The van der Waals surface area contributed by atoms with E-state index in [4.69, 9.17) is 19.8 Å². The van der Waals surface area contributed by atoms with Gasteiger partial charge < -0.3 is 9.15 Å². The lowest BCUT2D eigenvalue weighted by Crippen LogP contribution is -1.94. The van der Waals surface area contributed by atoms with Gasteiger partial charge in [0.2, 0.25) is 5.89 Å². The van der Waals surface area contributed by atoms with Gasteiger partial charge in [-0.15, -0.1) is 10.2 Å². The molecule has 0 fully saturated rings. The Morgan fingerprint density at radius 3 is 2.56 bits per heavy atom. The molecule has 18 heavy (non-hydrogen) atoms. The molecule has 96 valence electrons. The van der Waals surface area contributed by atoms with Crippen LogP contribution in [0.2, 0.25) is 0 Å². The summed E-state index contributed by atoms with van der Waals surface area (Å²) in [6.07, 6.45) is 0. The van der Waals surface area contributed by atoms with E-state index in [0.717, 1.165) is 0 Å². The van der Waals surface area contributed by atoms with Gasteiger partial charge in [0.15, 0.2) is 0 Å². The largest absolute Gasteiger partial charge is 0.496 e. The Kier molecular flexibility index (Phi) is 3.27. The Bertz CT molecular complexity index is 681. The van der Waals surface area contributed by atoms with Crippen LogP contribution in [0.25, 0.3) is 11.5 Å². The van der Waals surface area contributed by atoms with Gasteiger partial charge in [0.05, 0.1) is 17.6 Å². The Morgan fingerprint density at radius 1 is 1.33 bits per heavy atom. The quantitative estimate of drug-likeness (QED) is 0.803. The first-order chi connectivity index (χ1) is 8.41. The molecule has 0 amide bonds. The Hall–Kier alpha value is -1.60. The van der Waals surface area contributed by atoms with Crippen LogP contribution in [0.3, 0.4) is 0 Å². The van der Waals surface area contributed by atoms with Crippen LogP contribution >= 0.6 is 10.7 Å². The monoisotopic (exact) mass is 288 g/mol. The second-order valence-electron chi connectivity index (χ2n) is 3.43. The summed E-state index contributed by atoms with van der Waals surface area (Å²) < 4.78 is 32.9. The van der Waals surface area contributed by atoms with Crippen LogP contribution in [0.4, 0.5) is 0 Å². The van der Waals surface area contributed by atoms with Crippen molar-refractivity contribution in [3.8, 4) is 17.2 Å². The Labute approximate surface area is 108 Å². The molecule has 0 N–H and O–H groups in total. The van der Waals surface area contributed by atoms with E-state index in [-0.39, 0.29) is 10.8 Å². The highest BCUT2D eigenvalue weighted by molar-refractivity contribution is 8.13. The molecule has 1 aromatic carbocycles. The highest BCUT2D eigenvalue weighted by Gasteiger charge is 2.17. The van der Waals surface area contributed by atoms with E-state index in [9.17, 15) is 8.42 Å². The zero-order valence-electron chi connectivity index (χ0n) is 9.55. The zero-order valence-corrected chi connectivity index (χ0v) is 11.1. The van der Waals surface area contributed by atoms with Gasteiger partial charge in [0.25, 0.3) is 14.9 Å². The summed E-state index contributed by atoms with van der Waals surface area (Å²) in [7, 11) is 2.91. The highest BCUT2D eigenvalue weighted by Crippen LogP contribution is 2.32. The highest BCUT2D eigenvalue weighted by atomic mass is 35.7.